The first-order valence-corrected chi connectivity index (χ1v) is 10.3. The van der Waals surface area contributed by atoms with E-state index in [9.17, 15) is 9.59 Å². The number of carbonyl (C=O) groups is 2. The maximum absolute atomic E-state index is 13.1. The summed E-state index contributed by atoms with van der Waals surface area (Å²) in [7, 11) is 1.35. The van der Waals surface area contributed by atoms with E-state index in [2.05, 4.69) is 5.32 Å². The van der Waals surface area contributed by atoms with Crippen molar-refractivity contribution in [2.75, 3.05) is 12.4 Å². The molecule has 2 heterocycles. The summed E-state index contributed by atoms with van der Waals surface area (Å²) in [6.07, 6.45) is 4.54. The fourth-order valence-electron chi connectivity index (χ4n) is 4.25. The van der Waals surface area contributed by atoms with Gasteiger partial charge in [0, 0.05) is 22.7 Å². The predicted octanol–water partition coefficient (Wildman–Crippen LogP) is 3.74. The Bertz CT molecular complexity index is 1290. The zero-order valence-corrected chi connectivity index (χ0v) is 17.2. The van der Waals surface area contributed by atoms with Gasteiger partial charge in [-0.2, -0.15) is 5.10 Å². The smallest absolute Gasteiger partial charge is 0.340 e. The Morgan fingerprint density at radius 1 is 1.06 bits per heavy atom. The molecule has 1 N–H and O–H groups in total. The standard InChI is InChI=1S/C24H22N4O3/c1-31-24(30)19-14-27(21-13-6-5-10-17(19)21)15-22(29)25-23-18-11-7-12-20(18)26-28(23)16-8-3-2-4-9-16/h2-6,8-10,13-14H,7,11-12,15H2,1H3,(H,25,29). The van der Waals surface area contributed by atoms with Crippen LogP contribution in [0.15, 0.2) is 60.8 Å². The summed E-state index contributed by atoms with van der Waals surface area (Å²) in [5.41, 5.74) is 4.30. The number of rotatable bonds is 5. The molecule has 0 saturated heterocycles. The molecule has 0 bridgehead atoms. The van der Waals surface area contributed by atoms with Gasteiger partial charge in [0.05, 0.1) is 24.1 Å². The average molecular weight is 414 g/mol. The molecule has 2 aromatic carbocycles. The van der Waals surface area contributed by atoms with E-state index in [-0.39, 0.29) is 12.5 Å². The Morgan fingerprint density at radius 3 is 2.65 bits per heavy atom. The lowest BCUT2D eigenvalue weighted by atomic mass is 10.2. The van der Waals surface area contributed by atoms with Crippen LogP contribution in [0.3, 0.4) is 0 Å². The lowest BCUT2D eigenvalue weighted by Crippen LogP contribution is -2.21. The molecule has 0 aliphatic heterocycles. The second kappa shape index (κ2) is 7.75. The van der Waals surface area contributed by atoms with Crippen LogP contribution < -0.4 is 5.32 Å². The summed E-state index contributed by atoms with van der Waals surface area (Å²) in [5.74, 6) is 0.132. The first kappa shape index (κ1) is 19.1. The molecule has 0 atom stereocenters. The van der Waals surface area contributed by atoms with Crippen molar-refractivity contribution in [2.24, 2.45) is 0 Å². The van der Waals surface area contributed by atoms with Crippen LogP contribution in [0.4, 0.5) is 5.82 Å². The average Bonchev–Trinajstić information content (AvgIpc) is 3.49. The molecular formula is C24H22N4O3. The molecular weight excluding hydrogens is 392 g/mol. The molecule has 1 aliphatic carbocycles. The van der Waals surface area contributed by atoms with Crippen LogP contribution in [0.2, 0.25) is 0 Å². The number of ether oxygens (including phenoxy) is 1. The van der Waals surface area contributed by atoms with E-state index in [0.29, 0.717) is 5.56 Å². The van der Waals surface area contributed by atoms with Crippen molar-refractivity contribution in [3.8, 4) is 5.69 Å². The number of methoxy groups -OCH3 is 1. The minimum atomic E-state index is -0.421. The third kappa shape index (κ3) is 3.38. The van der Waals surface area contributed by atoms with Crippen LogP contribution >= 0.6 is 0 Å². The highest BCUT2D eigenvalue weighted by Gasteiger charge is 2.24. The second-order valence-corrected chi connectivity index (χ2v) is 7.60. The third-order valence-corrected chi connectivity index (χ3v) is 5.67. The zero-order chi connectivity index (χ0) is 21.4. The van der Waals surface area contributed by atoms with Crippen LogP contribution in [0.1, 0.15) is 28.0 Å². The molecule has 0 fully saturated rings. The summed E-state index contributed by atoms with van der Waals surface area (Å²) in [6.45, 7) is 0.0756. The van der Waals surface area contributed by atoms with E-state index >= 15 is 0 Å². The highest BCUT2D eigenvalue weighted by molar-refractivity contribution is 6.05. The summed E-state index contributed by atoms with van der Waals surface area (Å²) in [6, 6.07) is 17.3. The van der Waals surface area contributed by atoms with E-state index < -0.39 is 5.97 Å². The van der Waals surface area contributed by atoms with Gasteiger partial charge in [0.15, 0.2) is 0 Å². The Balaban J connectivity index is 1.47. The molecule has 31 heavy (non-hydrogen) atoms. The molecule has 0 saturated carbocycles. The van der Waals surface area contributed by atoms with Crippen LogP contribution in [0.5, 0.6) is 0 Å². The first-order chi connectivity index (χ1) is 15.2. The van der Waals surface area contributed by atoms with E-state index in [1.807, 2.05) is 59.3 Å². The number of carbonyl (C=O) groups excluding carboxylic acids is 2. The van der Waals surface area contributed by atoms with Crippen molar-refractivity contribution in [3.63, 3.8) is 0 Å². The number of aromatic nitrogens is 3. The zero-order valence-electron chi connectivity index (χ0n) is 17.2. The number of benzene rings is 2. The number of aryl methyl sites for hydroxylation is 1. The Labute approximate surface area is 179 Å². The van der Waals surface area contributed by atoms with Gasteiger partial charge in [0.2, 0.25) is 5.91 Å². The number of amides is 1. The molecule has 0 unspecified atom stereocenters. The summed E-state index contributed by atoms with van der Waals surface area (Å²) in [4.78, 5) is 25.2. The van der Waals surface area contributed by atoms with Crippen molar-refractivity contribution < 1.29 is 14.3 Å². The van der Waals surface area contributed by atoms with Gasteiger partial charge >= 0.3 is 5.97 Å². The van der Waals surface area contributed by atoms with Crippen molar-refractivity contribution in [1.82, 2.24) is 14.3 Å². The van der Waals surface area contributed by atoms with Gasteiger partial charge in [-0.3, -0.25) is 4.79 Å². The number of hydrogen-bond acceptors (Lipinski definition) is 4. The van der Waals surface area contributed by atoms with Crippen LogP contribution in [0, 0.1) is 0 Å². The number of hydrogen-bond donors (Lipinski definition) is 1. The molecule has 7 nitrogen and oxygen atoms in total. The van der Waals surface area contributed by atoms with Gasteiger partial charge < -0.3 is 14.6 Å². The van der Waals surface area contributed by atoms with Crippen molar-refractivity contribution in [2.45, 2.75) is 25.8 Å². The molecule has 7 heteroatoms. The van der Waals surface area contributed by atoms with Gasteiger partial charge in [0.25, 0.3) is 0 Å². The van der Waals surface area contributed by atoms with Crippen LogP contribution in [-0.4, -0.2) is 33.3 Å². The summed E-state index contributed by atoms with van der Waals surface area (Å²) >= 11 is 0. The Kier molecular flexibility index (Phi) is 4.78. The largest absolute Gasteiger partial charge is 0.465 e. The van der Waals surface area contributed by atoms with Crippen LogP contribution in [-0.2, 0) is 28.9 Å². The minimum Gasteiger partial charge on any atom is -0.465 e. The SMILES string of the molecule is COC(=O)c1cn(CC(=O)Nc2c3c(nn2-c2ccccc2)CCC3)c2ccccc12. The normalized spacial score (nSPS) is 12.7. The number of fused-ring (bicyclic) bond motifs is 2. The topological polar surface area (TPSA) is 78.2 Å². The van der Waals surface area contributed by atoms with Gasteiger partial charge in [-0.25, -0.2) is 9.48 Å². The van der Waals surface area contributed by atoms with Crippen LogP contribution in [0.25, 0.3) is 16.6 Å². The molecule has 0 spiro atoms. The fraction of sp³-hybridized carbons (Fsp3) is 0.208. The molecule has 2 aromatic heterocycles. The number of esters is 1. The van der Waals surface area contributed by atoms with E-state index in [0.717, 1.165) is 52.9 Å². The van der Waals surface area contributed by atoms with Crippen molar-refractivity contribution in [1.29, 1.82) is 0 Å². The predicted molar refractivity (Wildman–Crippen MR) is 117 cm³/mol. The third-order valence-electron chi connectivity index (χ3n) is 5.67. The Morgan fingerprint density at radius 2 is 1.84 bits per heavy atom. The Hall–Kier alpha value is -3.87. The maximum Gasteiger partial charge on any atom is 0.340 e. The maximum atomic E-state index is 13.1. The van der Waals surface area contributed by atoms with E-state index in [1.54, 1.807) is 10.8 Å². The molecule has 5 rings (SSSR count). The lowest BCUT2D eigenvalue weighted by Gasteiger charge is -2.12. The van der Waals surface area contributed by atoms with Gasteiger partial charge in [0.1, 0.15) is 12.4 Å². The molecule has 1 aliphatic rings. The van der Waals surface area contributed by atoms with E-state index in [4.69, 9.17) is 9.84 Å². The van der Waals surface area contributed by atoms with Crippen molar-refractivity contribution >= 4 is 28.6 Å². The quantitative estimate of drug-likeness (QED) is 0.505. The van der Waals surface area contributed by atoms with Crippen molar-refractivity contribution in [3.05, 3.63) is 77.6 Å². The number of anilines is 1. The number of nitrogens with one attached hydrogen (secondary N) is 1. The molecule has 156 valence electrons. The van der Waals surface area contributed by atoms with E-state index in [1.165, 1.54) is 7.11 Å². The molecule has 1 amide bonds. The first-order valence-electron chi connectivity index (χ1n) is 10.3. The summed E-state index contributed by atoms with van der Waals surface area (Å²) in [5, 5.41) is 8.58. The van der Waals surface area contributed by atoms with Gasteiger partial charge in [-0.1, -0.05) is 36.4 Å². The summed E-state index contributed by atoms with van der Waals surface area (Å²) < 4.78 is 8.49. The van der Waals surface area contributed by atoms with Gasteiger partial charge in [-0.05, 0) is 37.5 Å². The molecule has 0 radical (unpaired) electrons. The lowest BCUT2D eigenvalue weighted by molar-refractivity contribution is -0.116. The second-order valence-electron chi connectivity index (χ2n) is 7.60. The number of para-hydroxylation sites is 2. The highest BCUT2D eigenvalue weighted by Crippen LogP contribution is 2.31. The minimum absolute atomic E-state index is 0.0756. The fourth-order valence-corrected chi connectivity index (χ4v) is 4.25. The molecule has 4 aromatic rings. The highest BCUT2D eigenvalue weighted by atomic mass is 16.5. The monoisotopic (exact) mass is 414 g/mol. The number of nitrogens with zero attached hydrogens (tertiary/aromatic N) is 3. The van der Waals surface area contributed by atoms with Gasteiger partial charge in [-0.15, -0.1) is 0 Å².